The van der Waals surface area contributed by atoms with Crippen LogP contribution in [0.15, 0.2) is 61.1 Å². The zero-order chi connectivity index (χ0) is 14.5. The second kappa shape index (κ2) is 6.33. The molecule has 0 fully saturated rings. The summed E-state index contributed by atoms with van der Waals surface area (Å²) in [5.74, 6) is 0. The number of nitrogens with one attached hydrogen (secondary N) is 2. The van der Waals surface area contributed by atoms with Crippen LogP contribution >= 0.6 is 0 Å². The molecule has 1 aromatic carbocycles. The Bertz CT molecular complexity index is 676. The predicted octanol–water partition coefficient (Wildman–Crippen LogP) is 3.32. The molecule has 2 aromatic heterocycles. The fraction of sp³-hybridized carbons (Fsp3) is 0.176. The van der Waals surface area contributed by atoms with E-state index in [0.29, 0.717) is 0 Å². The number of rotatable bonds is 5. The van der Waals surface area contributed by atoms with E-state index in [-0.39, 0.29) is 6.04 Å². The van der Waals surface area contributed by atoms with E-state index in [2.05, 4.69) is 45.6 Å². The molecule has 0 unspecified atom stereocenters. The number of aromatic nitrogens is 3. The maximum atomic E-state index is 4.17. The standard InChI is InChI=1S/C17H18N4/c1-13(15-8-5-9-18-10-15)19-11-16-12-20-21-17(16)14-6-3-2-4-7-14/h2-10,12-13,19H,11H2,1H3,(H,20,21)/t13-/m0/s1. The molecule has 0 saturated heterocycles. The van der Waals surface area contributed by atoms with Crippen LogP contribution < -0.4 is 5.32 Å². The number of benzene rings is 1. The summed E-state index contributed by atoms with van der Waals surface area (Å²) < 4.78 is 0. The largest absolute Gasteiger partial charge is 0.306 e. The van der Waals surface area contributed by atoms with Gasteiger partial charge >= 0.3 is 0 Å². The van der Waals surface area contributed by atoms with Gasteiger partial charge in [-0.15, -0.1) is 0 Å². The van der Waals surface area contributed by atoms with E-state index in [1.54, 1.807) is 6.20 Å². The van der Waals surface area contributed by atoms with E-state index in [1.807, 2.05) is 36.7 Å². The van der Waals surface area contributed by atoms with Gasteiger partial charge in [-0.1, -0.05) is 36.4 Å². The van der Waals surface area contributed by atoms with Gasteiger partial charge in [0.25, 0.3) is 0 Å². The first kappa shape index (κ1) is 13.5. The third-order valence-corrected chi connectivity index (χ3v) is 3.56. The Morgan fingerprint density at radius 3 is 2.71 bits per heavy atom. The highest BCUT2D eigenvalue weighted by Gasteiger charge is 2.09. The Balaban J connectivity index is 1.71. The average Bonchev–Trinajstić information content (AvgIpc) is 3.03. The summed E-state index contributed by atoms with van der Waals surface area (Å²) in [4.78, 5) is 4.16. The molecule has 3 aromatic rings. The molecule has 0 aliphatic carbocycles. The lowest BCUT2D eigenvalue weighted by Gasteiger charge is -2.13. The molecule has 0 radical (unpaired) electrons. The first-order valence-electron chi connectivity index (χ1n) is 7.05. The second-order valence-electron chi connectivity index (χ2n) is 5.03. The summed E-state index contributed by atoms with van der Waals surface area (Å²) in [5.41, 5.74) is 4.57. The Morgan fingerprint density at radius 1 is 1.10 bits per heavy atom. The highest BCUT2D eigenvalue weighted by molar-refractivity contribution is 5.62. The lowest BCUT2D eigenvalue weighted by Crippen LogP contribution is -2.18. The van der Waals surface area contributed by atoms with E-state index < -0.39 is 0 Å². The Kier molecular flexibility index (Phi) is 4.07. The van der Waals surface area contributed by atoms with Gasteiger partial charge in [-0.3, -0.25) is 10.1 Å². The Labute approximate surface area is 124 Å². The first-order valence-corrected chi connectivity index (χ1v) is 7.05. The van der Waals surface area contributed by atoms with Crippen molar-refractivity contribution in [2.45, 2.75) is 19.5 Å². The molecule has 2 N–H and O–H groups in total. The zero-order valence-corrected chi connectivity index (χ0v) is 12.0. The molecule has 0 aliphatic rings. The molecule has 4 nitrogen and oxygen atoms in total. The van der Waals surface area contributed by atoms with Crippen molar-refractivity contribution in [1.29, 1.82) is 0 Å². The quantitative estimate of drug-likeness (QED) is 0.752. The zero-order valence-electron chi connectivity index (χ0n) is 12.0. The van der Waals surface area contributed by atoms with Crippen LogP contribution in [-0.4, -0.2) is 15.2 Å². The summed E-state index contributed by atoms with van der Waals surface area (Å²) in [6, 6.07) is 14.5. The van der Waals surface area contributed by atoms with Gasteiger partial charge in [0.15, 0.2) is 0 Å². The van der Waals surface area contributed by atoms with Gasteiger partial charge in [-0.2, -0.15) is 5.10 Å². The van der Waals surface area contributed by atoms with Gasteiger partial charge in [-0.05, 0) is 24.1 Å². The molecule has 4 heteroatoms. The van der Waals surface area contributed by atoms with E-state index in [9.17, 15) is 0 Å². The molecule has 0 aliphatic heterocycles. The highest BCUT2D eigenvalue weighted by Crippen LogP contribution is 2.21. The first-order chi connectivity index (χ1) is 10.3. The van der Waals surface area contributed by atoms with Crippen molar-refractivity contribution in [1.82, 2.24) is 20.5 Å². The smallest absolute Gasteiger partial charge is 0.0695 e. The molecular formula is C17H18N4. The summed E-state index contributed by atoms with van der Waals surface area (Å²) in [5, 5.41) is 10.8. The maximum absolute atomic E-state index is 4.17. The SMILES string of the molecule is C[C@H](NCc1cn[nH]c1-c1ccccc1)c1cccnc1. The number of hydrogen-bond donors (Lipinski definition) is 2. The molecule has 0 saturated carbocycles. The topological polar surface area (TPSA) is 53.6 Å². The van der Waals surface area contributed by atoms with Crippen molar-refractivity contribution in [3.05, 3.63) is 72.2 Å². The van der Waals surface area contributed by atoms with Crippen LogP contribution in [0.5, 0.6) is 0 Å². The van der Waals surface area contributed by atoms with Crippen LogP contribution in [0.3, 0.4) is 0 Å². The fourth-order valence-corrected chi connectivity index (χ4v) is 2.31. The number of nitrogens with zero attached hydrogens (tertiary/aromatic N) is 2. The van der Waals surface area contributed by atoms with Crippen LogP contribution in [0.1, 0.15) is 24.1 Å². The van der Waals surface area contributed by atoms with Crippen LogP contribution in [0, 0.1) is 0 Å². The molecule has 21 heavy (non-hydrogen) atoms. The van der Waals surface area contributed by atoms with Crippen molar-refractivity contribution in [2.75, 3.05) is 0 Å². The third-order valence-electron chi connectivity index (χ3n) is 3.56. The normalized spacial score (nSPS) is 12.2. The van der Waals surface area contributed by atoms with Gasteiger partial charge in [0.2, 0.25) is 0 Å². The average molecular weight is 278 g/mol. The van der Waals surface area contributed by atoms with Crippen LogP contribution in [0.4, 0.5) is 0 Å². The van der Waals surface area contributed by atoms with Crippen LogP contribution in [0.2, 0.25) is 0 Å². The highest BCUT2D eigenvalue weighted by atomic mass is 15.1. The van der Waals surface area contributed by atoms with Gasteiger partial charge in [-0.25, -0.2) is 0 Å². The number of hydrogen-bond acceptors (Lipinski definition) is 3. The van der Waals surface area contributed by atoms with Crippen molar-refractivity contribution < 1.29 is 0 Å². The summed E-state index contributed by atoms with van der Waals surface area (Å²) >= 11 is 0. The number of pyridine rings is 1. The second-order valence-corrected chi connectivity index (χ2v) is 5.03. The van der Waals surface area contributed by atoms with Gasteiger partial charge in [0.05, 0.1) is 11.9 Å². The molecule has 0 amide bonds. The summed E-state index contributed by atoms with van der Waals surface area (Å²) in [6.07, 6.45) is 5.57. The summed E-state index contributed by atoms with van der Waals surface area (Å²) in [6.45, 7) is 2.90. The molecule has 2 heterocycles. The third kappa shape index (κ3) is 3.17. The number of H-pyrrole nitrogens is 1. The lowest BCUT2D eigenvalue weighted by atomic mass is 10.1. The minimum Gasteiger partial charge on any atom is -0.306 e. The molecule has 0 bridgehead atoms. The fourth-order valence-electron chi connectivity index (χ4n) is 2.31. The maximum Gasteiger partial charge on any atom is 0.0695 e. The van der Waals surface area contributed by atoms with E-state index in [0.717, 1.165) is 23.4 Å². The van der Waals surface area contributed by atoms with E-state index in [4.69, 9.17) is 0 Å². The molecule has 3 rings (SSSR count). The monoisotopic (exact) mass is 278 g/mol. The molecule has 1 atom stereocenters. The molecule has 106 valence electrons. The van der Waals surface area contributed by atoms with Gasteiger partial charge in [0, 0.05) is 30.5 Å². The van der Waals surface area contributed by atoms with Crippen molar-refractivity contribution >= 4 is 0 Å². The van der Waals surface area contributed by atoms with Crippen LogP contribution in [-0.2, 0) is 6.54 Å². The Hall–Kier alpha value is -2.46. The van der Waals surface area contributed by atoms with E-state index in [1.165, 1.54) is 5.56 Å². The molecular weight excluding hydrogens is 260 g/mol. The van der Waals surface area contributed by atoms with Crippen molar-refractivity contribution in [3.63, 3.8) is 0 Å². The summed E-state index contributed by atoms with van der Waals surface area (Å²) in [7, 11) is 0. The number of aromatic amines is 1. The van der Waals surface area contributed by atoms with E-state index >= 15 is 0 Å². The van der Waals surface area contributed by atoms with Crippen LogP contribution in [0.25, 0.3) is 11.3 Å². The van der Waals surface area contributed by atoms with Crippen molar-refractivity contribution in [3.8, 4) is 11.3 Å². The predicted molar refractivity (Wildman–Crippen MR) is 83.5 cm³/mol. The minimum atomic E-state index is 0.247. The van der Waals surface area contributed by atoms with Gasteiger partial charge < -0.3 is 5.32 Å². The minimum absolute atomic E-state index is 0.247. The Morgan fingerprint density at radius 2 is 1.95 bits per heavy atom. The molecule has 0 spiro atoms. The van der Waals surface area contributed by atoms with Gasteiger partial charge in [0.1, 0.15) is 0 Å². The van der Waals surface area contributed by atoms with Crippen molar-refractivity contribution in [2.24, 2.45) is 0 Å². The lowest BCUT2D eigenvalue weighted by molar-refractivity contribution is 0.573.